The van der Waals surface area contributed by atoms with Crippen molar-refractivity contribution in [1.29, 1.82) is 0 Å². The summed E-state index contributed by atoms with van der Waals surface area (Å²) in [5.41, 5.74) is 0. The van der Waals surface area contributed by atoms with Crippen LogP contribution < -0.4 is 5.32 Å². The van der Waals surface area contributed by atoms with Gasteiger partial charge in [-0.1, -0.05) is 13.8 Å². The molecule has 1 atom stereocenters. The number of nitrogens with zero attached hydrogens (tertiary/aromatic N) is 4. The largest absolute Gasteiger partial charge is 0.468 e. The maximum Gasteiger partial charge on any atom is 0.323 e. The van der Waals surface area contributed by atoms with E-state index in [-0.39, 0.29) is 31.2 Å². The molecule has 2 heterocycles. The summed E-state index contributed by atoms with van der Waals surface area (Å²) >= 11 is 0. The van der Waals surface area contributed by atoms with Crippen molar-refractivity contribution in [1.82, 2.24) is 15.1 Å². The molecule has 1 saturated heterocycles. The Morgan fingerprint density at radius 3 is 2.88 bits per heavy atom. The highest BCUT2D eigenvalue weighted by Crippen LogP contribution is 2.17. The molecule has 1 aliphatic heterocycles. The predicted molar refractivity (Wildman–Crippen MR) is 88.6 cm³/mol. The van der Waals surface area contributed by atoms with Gasteiger partial charge in [-0.05, 0) is 24.5 Å². The first-order valence-electron chi connectivity index (χ1n) is 7.96. The molecule has 10 nitrogen and oxygen atoms in total. The van der Waals surface area contributed by atoms with Gasteiger partial charge in [0.15, 0.2) is 5.03 Å². The molecule has 0 radical (unpaired) electrons. The molecular weight excluding hydrogens is 330 g/mol. The van der Waals surface area contributed by atoms with Gasteiger partial charge in [-0.3, -0.25) is 9.69 Å². The van der Waals surface area contributed by atoms with E-state index >= 15 is 0 Å². The topological polar surface area (TPSA) is 113 Å². The van der Waals surface area contributed by atoms with Crippen LogP contribution in [0.3, 0.4) is 0 Å². The Hall–Kier alpha value is -2.62. The number of rotatable bonds is 7. The summed E-state index contributed by atoms with van der Waals surface area (Å²) in [4.78, 5) is 26.5. The molecule has 2 rings (SSSR count). The monoisotopic (exact) mass is 353 g/mol. The minimum Gasteiger partial charge on any atom is -0.468 e. The maximum atomic E-state index is 12.2. The molecule has 0 saturated carbocycles. The van der Waals surface area contributed by atoms with Crippen molar-refractivity contribution in [2.45, 2.75) is 32.9 Å². The van der Waals surface area contributed by atoms with E-state index in [4.69, 9.17) is 9.15 Å². The lowest BCUT2D eigenvalue weighted by Gasteiger charge is -2.40. The summed E-state index contributed by atoms with van der Waals surface area (Å²) in [5.74, 6) is 0.726. The fourth-order valence-electron chi connectivity index (χ4n) is 2.70. The maximum absolute atomic E-state index is 12.2. The van der Waals surface area contributed by atoms with Crippen LogP contribution >= 0.6 is 0 Å². The number of furan rings is 1. The molecule has 0 amide bonds. The minimum atomic E-state index is -0.751. The van der Waals surface area contributed by atoms with Crippen molar-refractivity contribution >= 4 is 11.9 Å². The highest BCUT2D eigenvalue weighted by Gasteiger charge is 2.34. The Kier molecular flexibility index (Phi) is 6.34. The summed E-state index contributed by atoms with van der Waals surface area (Å²) in [6.45, 7) is 4.88. The van der Waals surface area contributed by atoms with Crippen molar-refractivity contribution < 1.29 is 19.0 Å². The molecule has 0 bridgehead atoms. The molecule has 1 N–H and O–H groups in total. The summed E-state index contributed by atoms with van der Waals surface area (Å²) < 4.78 is 10.2. The van der Waals surface area contributed by atoms with E-state index in [1.807, 2.05) is 18.7 Å². The smallest absolute Gasteiger partial charge is 0.323 e. The SMILES string of the molecule is COC(=O)C(CC(C)C)N1CN/C(=N\[N+](=O)[O-])N(Cc2ccco2)C1. The lowest BCUT2D eigenvalue weighted by molar-refractivity contribution is -0.486. The molecule has 0 spiro atoms. The zero-order chi connectivity index (χ0) is 18.4. The molecule has 1 aliphatic rings. The van der Waals surface area contributed by atoms with Gasteiger partial charge in [0.05, 0.1) is 33.3 Å². The van der Waals surface area contributed by atoms with E-state index in [0.717, 1.165) is 0 Å². The van der Waals surface area contributed by atoms with Crippen molar-refractivity contribution in [3.8, 4) is 0 Å². The molecule has 1 aromatic heterocycles. The highest BCUT2D eigenvalue weighted by molar-refractivity contribution is 5.80. The number of esters is 1. The number of carbonyl (C=O) groups is 1. The number of nitrogens with one attached hydrogen (secondary N) is 1. The second-order valence-electron chi connectivity index (χ2n) is 6.17. The fourth-order valence-corrected chi connectivity index (χ4v) is 2.70. The first kappa shape index (κ1) is 18.7. The fraction of sp³-hybridized carbons (Fsp3) is 0.600. The third-order valence-electron chi connectivity index (χ3n) is 3.80. The summed E-state index contributed by atoms with van der Waals surface area (Å²) in [7, 11) is 1.35. The van der Waals surface area contributed by atoms with Gasteiger partial charge in [-0.25, -0.2) is 10.1 Å². The Morgan fingerprint density at radius 2 is 2.32 bits per heavy atom. The first-order chi connectivity index (χ1) is 11.9. The Balaban J connectivity index is 2.19. The van der Waals surface area contributed by atoms with Crippen LogP contribution in [0.1, 0.15) is 26.0 Å². The number of carbonyl (C=O) groups excluding carboxylic acids is 1. The van der Waals surface area contributed by atoms with E-state index < -0.39 is 11.1 Å². The van der Waals surface area contributed by atoms with E-state index in [0.29, 0.717) is 18.7 Å². The van der Waals surface area contributed by atoms with Crippen molar-refractivity contribution in [3.05, 3.63) is 34.3 Å². The molecule has 1 aromatic rings. The third kappa shape index (κ3) is 5.18. The van der Waals surface area contributed by atoms with Crippen LogP contribution in [0.15, 0.2) is 27.9 Å². The molecule has 0 aliphatic carbocycles. The van der Waals surface area contributed by atoms with Gasteiger partial charge < -0.3 is 19.4 Å². The number of methoxy groups -OCH3 is 1. The van der Waals surface area contributed by atoms with Crippen LogP contribution in [0, 0.1) is 16.0 Å². The van der Waals surface area contributed by atoms with Crippen LogP contribution in [0.25, 0.3) is 0 Å². The number of ether oxygens (including phenoxy) is 1. The Morgan fingerprint density at radius 1 is 1.56 bits per heavy atom. The highest BCUT2D eigenvalue weighted by atomic mass is 16.7. The number of hydrogen-bond donors (Lipinski definition) is 1. The second kappa shape index (κ2) is 8.47. The molecule has 1 fully saturated rings. The minimum absolute atomic E-state index is 0.130. The van der Waals surface area contributed by atoms with Crippen molar-refractivity contribution in [2.24, 2.45) is 11.0 Å². The standard InChI is InChI=1S/C15H23N5O5/c1-11(2)7-13(14(21)24-3)19-9-16-15(17-20(22)23)18(10-19)8-12-5-4-6-25-12/h4-6,11,13H,7-10H2,1-3H3,(H,16,17). The zero-order valence-electron chi connectivity index (χ0n) is 14.5. The quantitative estimate of drug-likeness (QED) is 0.439. The van der Waals surface area contributed by atoms with E-state index in [9.17, 15) is 14.9 Å². The van der Waals surface area contributed by atoms with E-state index in [1.54, 1.807) is 17.0 Å². The van der Waals surface area contributed by atoms with Gasteiger partial charge in [0.2, 0.25) is 0 Å². The third-order valence-corrected chi connectivity index (χ3v) is 3.80. The number of hydrogen-bond acceptors (Lipinski definition) is 6. The Labute approximate surface area is 145 Å². The van der Waals surface area contributed by atoms with Gasteiger partial charge in [0, 0.05) is 0 Å². The lowest BCUT2D eigenvalue weighted by Crippen LogP contribution is -2.61. The molecule has 138 valence electrons. The molecule has 25 heavy (non-hydrogen) atoms. The summed E-state index contributed by atoms with van der Waals surface area (Å²) in [5, 5.41) is 16.3. The van der Waals surface area contributed by atoms with Gasteiger partial charge in [-0.2, -0.15) is 0 Å². The van der Waals surface area contributed by atoms with Crippen LogP contribution in [-0.4, -0.2) is 53.3 Å². The van der Waals surface area contributed by atoms with Gasteiger partial charge >= 0.3 is 5.97 Å². The normalized spacial score (nSPS) is 18.2. The van der Waals surface area contributed by atoms with Crippen LogP contribution in [0.5, 0.6) is 0 Å². The average molecular weight is 353 g/mol. The molecule has 10 heteroatoms. The average Bonchev–Trinajstić information content (AvgIpc) is 3.06. The van der Waals surface area contributed by atoms with Gasteiger partial charge in [0.1, 0.15) is 16.9 Å². The first-order valence-corrected chi connectivity index (χ1v) is 7.96. The zero-order valence-corrected chi connectivity index (χ0v) is 14.5. The van der Waals surface area contributed by atoms with Gasteiger partial charge in [0.25, 0.3) is 5.96 Å². The van der Waals surface area contributed by atoms with Crippen molar-refractivity contribution in [2.75, 3.05) is 20.4 Å². The van der Waals surface area contributed by atoms with Crippen LogP contribution in [0.4, 0.5) is 0 Å². The van der Waals surface area contributed by atoms with Crippen LogP contribution in [0.2, 0.25) is 0 Å². The summed E-state index contributed by atoms with van der Waals surface area (Å²) in [6, 6.07) is 3.06. The molecule has 1 unspecified atom stereocenters. The lowest BCUT2D eigenvalue weighted by atomic mass is 10.0. The summed E-state index contributed by atoms with van der Waals surface area (Å²) in [6.07, 6.45) is 2.15. The number of hydrazone groups is 1. The second-order valence-corrected chi connectivity index (χ2v) is 6.17. The molecular formula is C15H23N5O5. The van der Waals surface area contributed by atoms with E-state index in [1.165, 1.54) is 13.4 Å². The number of guanidine groups is 1. The van der Waals surface area contributed by atoms with Crippen molar-refractivity contribution in [3.63, 3.8) is 0 Å². The number of nitro groups is 1. The van der Waals surface area contributed by atoms with Crippen LogP contribution in [-0.2, 0) is 16.1 Å². The van der Waals surface area contributed by atoms with Gasteiger partial charge in [-0.15, -0.1) is 0 Å². The predicted octanol–water partition coefficient (Wildman–Crippen LogP) is 1.04. The Bertz CT molecular complexity index is 616. The van der Waals surface area contributed by atoms with E-state index in [2.05, 4.69) is 10.4 Å². The molecule has 0 aromatic carbocycles.